The van der Waals surface area contributed by atoms with Gasteiger partial charge in [-0.2, -0.15) is 0 Å². The summed E-state index contributed by atoms with van der Waals surface area (Å²) in [4.78, 5) is 2.42. The molecule has 0 amide bonds. The van der Waals surface area contributed by atoms with Crippen LogP contribution in [-0.2, 0) is 5.54 Å². The number of hydrogen-bond donors (Lipinski definition) is 0. The summed E-state index contributed by atoms with van der Waals surface area (Å²) in [6.45, 7) is 0. The first-order valence-electron chi connectivity index (χ1n) is 12.0. The number of ether oxygens (including phenoxy) is 2. The molecule has 0 radical (unpaired) electrons. The van der Waals surface area contributed by atoms with Crippen molar-refractivity contribution in [2.75, 3.05) is 19.1 Å². The second-order valence-corrected chi connectivity index (χ2v) is 8.54. The number of methoxy groups -OCH3 is 2. The van der Waals surface area contributed by atoms with Gasteiger partial charge in [0.15, 0.2) is 0 Å². The van der Waals surface area contributed by atoms with E-state index in [9.17, 15) is 0 Å². The van der Waals surface area contributed by atoms with Crippen molar-refractivity contribution in [3.8, 4) is 11.5 Å². The highest BCUT2D eigenvalue weighted by atomic mass is 16.5. The van der Waals surface area contributed by atoms with Crippen LogP contribution in [0.3, 0.4) is 0 Å². The maximum atomic E-state index is 5.52. The Morgan fingerprint density at radius 2 is 0.750 bits per heavy atom. The molecule has 0 fully saturated rings. The zero-order valence-electron chi connectivity index (χ0n) is 20.5. The molecule has 0 aliphatic carbocycles. The van der Waals surface area contributed by atoms with Gasteiger partial charge in [-0.1, -0.05) is 91.0 Å². The van der Waals surface area contributed by atoms with Crippen LogP contribution in [0.2, 0.25) is 0 Å². The van der Waals surface area contributed by atoms with Crippen LogP contribution in [-0.4, -0.2) is 14.2 Å². The summed E-state index contributed by atoms with van der Waals surface area (Å²) in [7, 11) is 3.40. The van der Waals surface area contributed by atoms with Crippen molar-refractivity contribution in [3.63, 3.8) is 0 Å². The number of nitrogens with zero attached hydrogens (tertiary/aromatic N) is 1. The first-order valence-corrected chi connectivity index (χ1v) is 12.0. The second kappa shape index (κ2) is 10.4. The maximum absolute atomic E-state index is 5.52. The molecule has 0 unspecified atom stereocenters. The van der Waals surface area contributed by atoms with Gasteiger partial charge in [-0.3, -0.25) is 0 Å². The number of rotatable bonds is 8. The molecule has 3 heteroatoms. The lowest BCUT2D eigenvalue weighted by atomic mass is 9.74. The molecule has 0 atom stereocenters. The Balaban J connectivity index is 1.92. The van der Waals surface area contributed by atoms with E-state index in [0.717, 1.165) is 39.6 Å². The topological polar surface area (TPSA) is 21.7 Å². The lowest BCUT2D eigenvalue weighted by Crippen LogP contribution is -2.45. The fourth-order valence-electron chi connectivity index (χ4n) is 4.92. The van der Waals surface area contributed by atoms with Crippen molar-refractivity contribution < 1.29 is 9.47 Å². The van der Waals surface area contributed by atoms with Gasteiger partial charge in [0, 0.05) is 11.4 Å². The van der Waals surface area contributed by atoms with Crippen LogP contribution in [0.4, 0.5) is 11.4 Å². The van der Waals surface area contributed by atoms with E-state index in [1.165, 1.54) is 0 Å². The van der Waals surface area contributed by atoms with Crippen LogP contribution in [0, 0.1) is 0 Å². The number of benzene rings is 5. The normalized spacial score (nSPS) is 11.1. The van der Waals surface area contributed by atoms with Gasteiger partial charge in [0.25, 0.3) is 0 Å². The second-order valence-electron chi connectivity index (χ2n) is 8.54. The van der Waals surface area contributed by atoms with E-state index in [1.54, 1.807) is 14.2 Å². The molecule has 3 nitrogen and oxygen atoms in total. The van der Waals surface area contributed by atoms with Crippen molar-refractivity contribution in [2.24, 2.45) is 0 Å². The smallest absolute Gasteiger partial charge is 0.121 e. The maximum Gasteiger partial charge on any atom is 0.121 e. The molecule has 0 aliphatic heterocycles. The lowest BCUT2D eigenvalue weighted by molar-refractivity contribution is 0.414. The summed E-state index contributed by atoms with van der Waals surface area (Å²) >= 11 is 0. The highest BCUT2D eigenvalue weighted by Gasteiger charge is 2.43. The Bertz CT molecular complexity index is 1280. The van der Waals surface area contributed by atoms with Gasteiger partial charge in [-0.15, -0.1) is 0 Å². The van der Waals surface area contributed by atoms with Gasteiger partial charge in [-0.05, 0) is 65.2 Å². The van der Waals surface area contributed by atoms with E-state index in [-0.39, 0.29) is 0 Å². The van der Waals surface area contributed by atoms with E-state index in [0.29, 0.717) is 0 Å². The van der Waals surface area contributed by atoms with E-state index in [1.807, 2.05) is 24.3 Å². The average molecular weight is 472 g/mol. The van der Waals surface area contributed by atoms with Crippen LogP contribution < -0.4 is 14.4 Å². The largest absolute Gasteiger partial charge is 0.497 e. The summed E-state index contributed by atoms with van der Waals surface area (Å²) in [5.74, 6) is 1.64. The zero-order chi connectivity index (χ0) is 24.8. The third-order valence-corrected chi connectivity index (χ3v) is 6.57. The monoisotopic (exact) mass is 471 g/mol. The van der Waals surface area contributed by atoms with Gasteiger partial charge >= 0.3 is 0 Å². The Labute approximate surface area is 213 Å². The molecule has 0 aromatic heterocycles. The number of anilines is 2. The summed E-state index contributed by atoms with van der Waals surface area (Å²) in [5.41, 5.74) is 4.86. The van der Waals surface area contributed by atoms with E-state index in [2.05, 4.69) is 120 Å². The SMILES string of the molecule is COc1ccc(C(c2ccccc2)(c2ccc(OC)cc2)N(c2ccccc2)c2ccccc2)cc1. The molecule has 36 heavy (non-hydrogen) atoms. The predicted octanol–water partition coefficient (Wildman–Crippen LogP) is 7.83. The lowest BCUT2D eigenvalue weighted by Gasteiger charge is -2.47. The average Bonchev–Trinajstić information content (AvgIpc) is 2.97. The van der Waals surface area contributed by atoms with Crippen molar-refractivity contribution >= 4 is 11.4 Å². The van der Waals surface area contributed by atoms with Crippen LogP contribution >= 0.6 is 0 Å². The molecule has 0 bridgehead atoms. The molecule has 5 aromatic carbocycles. The summed E-state index contributed by atoms with van der Waals surface area (Å²) in [6, 6.07) is 48.6. The standard InChI is InChI=1S/C33H29NO2/c1-35-31-22-18-27(19-23-31)33(26-12-6-3-7-13-26,28-20-24-32(36-2)25-21-28)34(29-14-8-4-9-15-29)30-16-10-5-11-17-30/h3-25H,1-2H3. The van der Waals surface area contributed by atoms with E-state index in [4.69, 9.17) is 9.47 Å². The van der Waals surface area contributed by atoms with Crippen LogP contribution in [0.25, 0.3) is 0 Å². The molecule has 0 heterocycles. The van der Waals surface area contributed by atoms with Gasteiger partial charge in [0.2, 0.25) is 0 Å². The summed E-state index contributed by atoms with van der Waals surface area (Å²) in [5, 5.41) is 0. The summed E-state index contributed by atoms with van der Waals surface area (Å²) < 4.78 is 11.0. The molecular weight excluding hydrogens is 442 g/mol. The Morgan fingerprint density at radius 1 is 0.417 bits per heavy atom. The van der Waals surface area contributed by atoms with Gasteiger partial charge in [0.05, 0.1) is 14.2 Å². The van der Waals surface area contributed by atoms with Gasteiger partial charge in [0.1, 0.15) is 17.0 Å². The van der Waals surface area contributed by atoms with E-state index >= 15 is 0 Å². The third kappa shape index (κ3) is 4.20. The predicted molar refractivity (Wildman–Crippen MR) is 147 cm³/mol. The molecule has 0 aliphatic rings. The molecule has 0 N–H and O–H groups in total. The van der Waals surface area contributed by atoms with Gasteiger partial charge < -0.3 is 14.4 Å². The Hall–Kier alpha value is -4.50. The fourth-order valence-corrected chi connectivity index (χ4v) is 4.92. The molecule has 178 valence electrons. The molecule has 5 rings (SSSR count). The van der Waals surface area contributed by atoms with Crippen molar-refractivity contribution in [3.05, 3.63) is 156 Å². The van der Waals surface area contributed by atoms with Crippen molar-refractivity contribution in [1.29, 1.82) is 0 Å². The van der Waals surface area contributed by atoms with E-state index < -0.39 is 5.54 Å². The summed E-state index contributed by atoms with van der Waals surface area (Å²) in [6.07, 6.45) is 0. The first kappa shape index (κ1) is 23.3. The first-order chi connectivity index (χ1) is 17.8. The molecular formula is C33H29NO2. The highest BCUT2D eigenvalue weighted by molar-refractivity contribution is 5.73. The minimum Gasteiger partial charge on any atom is -0.497 e. The van der Waals surface area contributed by atoms with Crippen molar-refractivity contribution in [1.82, 2.24) is 0 Å². The third-order valence-electron chi connectivity index (χ3n) is 6.57. The van der Waals surface area contributed by atoms with Crippen LogP contribution in [0.5, 0.6) is 11.5 Å². The van der Waals surface area contributed by atoms with Crippen LogP contribution in [0.1, 0.15) is 16.7 Å². The molecule has 0 spiro atoms. The molecule has 5 aromatic rings. The molecule has 0 saturated heterocycles. The Morgan fingerprint density at radius 3 is 1.11 bits per heavy atom. The number of para-hydroxylation sites is 2. The zero-order valence-corrected chi connectivity index (χ0v) is 20.5. The minimum absolute atomic E-state index is 0.692. The minimum atomic E-state index is -0.692. The molecule has 0 saturated carbocycles. The van der Waals surface area contributed by atoms with Crippen LogP contribution in [0.15, 0.2) is 140 Å². The quantitative estimate of drug-likeness (QED) is 0.215. The number of hydrogen-bond acceptors (Lipinski definition) is 3. The Kier molecular flexibility index (Phi) is 6.72. The fraction of sp³-hybridized carbons (Fsp3) is 0.0909. The van der Waals surface area contributed by atoms with Crippen molar-refractivity contribution in [2.45, 2.75) is 5.54 Å². The van der Waals surface area contributed by atoms with Gasteiger partial charge in [-0.25, -0.2) is 0 Å². The highest BCUT2D eigenvalue weighted by Crippen LogP contribution is 2.49.